The van der Waals surface area contributed by atoms with Gasteiger partial charge in [-0.2, -0.15) is 0 Å². The van der Waals surface area contributed by atoms with Gasteiger partial charge in [-0.15, -0.1) is 0 Å². The number of nitrogens with one attached hydrogen (secondary N) is 2. The Morgan fingerprint density at radius 2 is 2.11 bits per heavy atom. The maximum Gasteiger partial charge on any atom is 0.224 e. The van der Waals surface area contributed by atoms with Crippen molar-refractivity contribution in [1.82, 2.24) is 15.5 Å². The van der Waals surface area contributed by atoms with Gasteiger partial charge in [0, 0.05) is 39.6 Å². The van der Waals surface area contributed by atoms with Crippen LogP contribution in [0.15, 0.2) is 35.3 Å². The highest BCUT2D eigenvalue weighted by Gasteiger charge is 2.20. The van der Waals surface area contributed by atoms with Crippen LogP contribution in [-0.2, 0) is 16.1 Å². The molecule has 2 N–H and O–H groups in total. The number of likely N-dealkylation sites (tertiary alicyclic amines) is 1. The highest BCUT2D eigenvalue weighted by molar-refractivity contribution is 5.81. The van der Waals surface area contributed by atoms with E-state index >= 15 is 0 Å². The first-order chi connectivity index (χ1) is 13.6. The summed E-state index contributed by atoms with van der Waals surface area (Å²) >= 11 is 0. The third-order valence-corrected chi connectivity index (χ3v) is 5.00. The topological polar surface area (TPSA) is 66.0 Å². The Balaban J connectivity index is 1.58. The van der Waals surface area contributed by atoms with Gasteiger partial charge in [-0.1, -0.05) is 44.2 Å². The standard InChI is InChI=1S/C22H36N4O2/c1-18-8-7-13-26(15-18)21(27)11-12-24-22(23-3)25-14-19(2)16-28-17-20-9-5-4-6-10-20/h4-6,9-10,18-19H,7-8,11-17H2,1-3H3,(H2,23,24,25). The van der Waals surface area contributed by atoms with Crippen LogP contribution < -0.4 is 10.6 Å². The fraction of sp³-hybridized carbons (Fsp3) is 0.636. The lowest BCUT2D eigenvalue weighted by Gasteiger charge is -2.31. The Hall–Kier alpha value is -2.08. The van der Waals surface area contributed by atoms with Crippen LogP contribution in [0.25, 0.3) is 0 Å². The molecule has 1 aliphatic rings. The van der Waals surface area contributed by atoms with Gasteiger partial charge in [0.25, 0.3) is 0 Å². The average molecular weight is 389 g/mol. The molecule has 6 nitrogen and oxygen atoms in total. The first-order valence-electron chi connectivity index (χ1n) is 10.4. The Labute approximate surface area is 169 Å². The lowest BCUT2D eigenvalue weighted by Crippen LogP contribution is -2.43. The summed E-state index contributed by atoms with van der Waals surface area (Å²) < 4.78 is 5.79. The molecule has 0 aromatic heterocycles. The van der Waals surface area contributed by atoms with Gasteiger partial charge in [-0.25, -0.2) is 0 Å². The molecule has 2 atom stereocenters. The lowest BCUT2D eigenvalue weighted by atomic mass is 10.00. The maximum atomic E-state index is 12.3. The molecule has 0 saturated carbocycles. The van der Waals surface area contributed by atoms with E-state index in [2.05, 4.69) is 41.6 Å². The predicted octanol–water partition coefficient (Wildman–Crippen LogP) is 2.65. The predicted molar refractivity (Wildman–Crippen MR) is 114 cm³/mol. The van der Waals surface area contributed by atoms with Crippen LogP contribution in [-0.4, -0.2) is 56.6 Å². The number of ether oxygens (including phenoxy) is 1. The van der Waals surface area contributed by atoms with Gasteiger partial charge in [0.1, 0.15) is 0 Å². The Morgan fingerprint density at radius 3 is 2.82 bits per heavy atom. The quantitative estimate of drug-likeness (QED) is 0.504. The van der Waals surface area contributed by atoms with Crippen molar-refractivity contribution in [3.05, 3.63) is 35.9 Å². The maximum absolute atomic E-state index is 12.3. The van der Waals surface area contributed by atoms with E-state index in [1.807, 2.05) is 23.1 Å². The second-order valence-electron chi connectivity index (χ2n) is 7.82. The van der Waals surface area contributed by atoms with Gasteiger partial charge in [0.05, 0.1) is 13.2 Å². The molecule has 0 spiro atoms. The molecule has 6 heteroatoms. The zero-order valence-electron chi connectivity index (χ0n) is 17.6. The van der Waals surface area contributed by atoms with Crippen LogP contribution >= 0.6 is 0 Å². The summed E-state index contributed by atoms with van der Waals surface area (Å²) in [6, 6.07) is 10.2. The second-order valence-corrected chi connectivity index (χ2v) is 7.82. The van der Waals surface area contributed by atoms with Gasteiger partial charge >= 0.3 is 0 Å². The highest BCUT2D eigenvalue weighted by atomic mass is 16.5. The minimum Gasteiger partial charge on any atom is -0.376 e. The fourth-order valence-corrected chi connectivity index (χ4v) is 3.36. The number of rotatable bonds is 9. The van der Waals surface area contributed by atoms with Crippen molar-refractivity contribution in [3.63, 3.8) is 0 Å². The number of carbonyl (C=O) groups is 1. The minimum absolute atomic E-state index is 0.234. The number of piperidine rings is 1. The molecular weight excluding hydrogens is 352 g/mol. The van der Waals surface area contributed by atoms with Crippen LogP contribution in [0.4, 0.5) is 0 Å². The van der Waals surface area contributed by atoms with Gasteiger partial charge in [-0.05, 0) is 30.2 Å². The van der Waals surface area contributed by atoms with E-state index < -0.39 is 0 Å². The van der Waals surface area contributed by atoms with Gasteiger partial charge in [0.15, 0.2) is 5.96 Å². The van der Waals surface area contributed by atoms with Crippen molar-refractivity contribution in [2.24, 2.45) is 16.8 Å². The van der Waals surface area contributed by atoms with Crippen molar-refractivity contribution in [1.29, 1.82) is 0 Å². The summed E-state index contributed by atoms with van der Waals surface area (Å²) in [6.07, 6.45) is 2.85. The number of aliphatic imine (C=N–C) groups is 1. The van der Waals surface area contributed by atoms with E-state index in [0.717, 1.165) is 32.0 Å². The summed E-state index contributed by atoms with van der Waals surface area (Å²) in [5.74, 6) is 1.94. The van der Waals surface area contributed by atoms with Crippen LogP contribution in [0.2, 0.25) is 0 Å². The number of hydrogen-bond donors (Lipinski definition) is 2. The molecule has 1 saturated heterocycles. The van der Waals surface area contributed by atoms with E-state index in [1.165, 1.54) is 12.0 Å². The molecule has 1 fully saturated rings. The number of amides is 1. The third kappa shape index (κ3) is 8.30. The SMILES string of the molecule is CN=C(NCCC(=O)N1CCCC(C)C1)NCC(C)COCc1ccccc1. The number of hydrogen-bond acceptors (Lipinski definition) is 3. The molecule has 1 aromatic carbocycles. The van der Waals surface area contributed by atoms with Crippen LogP contribution in [0.1, 0.15) is 38.7 Å². The monoisotopic (exact) mass is 388 g/mol. The molecule has 2 rings (SSSR count). The summed E-state index contributed by atoms with van der Waals surface area (Å²) in [5.41, 5.74) is 1.19. The van der Waals surface area contributed by atoms with E-state index in [1.54, 1.807) is 7.05 Å². The summed E-state index contributed by atoms with van der Waals surface area (Å²) in [5, 5.41) is 6.55. The summed E-state index contributed by atoms with van der Waals surface area (Å²) in [6.45, 7) is 8.84. The molecule has 156 valence electrons. The summed E-state index contributed by atoms with van der Waals surface area (Å²) in [7, 11) is 1.75. The molecule has 0 radical (unpaired) electrons. The van der Waals surface area contributed by atoms with E-state index in [4.69, 9.17) is 4.74 Å². The lowest BCUT2D eigenvalue weighted by molar-refractivity contribution is -0.132. The van der Waals surface area contributed by atoms with Crippen LogP contribution in [0, 0.1) is 11.8 Å². The highest BCUT2D eigenvalue weighted by Crippen LogP contribution is 2.15. The molecule has 1 aromatic rings. The smallest absolute Gasteiger partial charge is 0.224 e. The zero-order chi connectivity index (χ0) is 20.2. The van der Waals surface area contributed by atoms with E-state index in [9.17, 15) is 4.79 Å². The Bertz CT molecular complexity index is 606. The second kappa shape index (κ2) is 12.4. The first-order valence-corrected chi connectivity index (χ1v) is 10.4. The zero-order valence-corrected chi connectivity index (χ0v) is 17.6. The number of guanidine groups is 1. The normalized spacial score (nSPS) is 18.6. The molecule has 1 heterocycles. The number of benzene rings is 1. The molecule has 28 heavy (non-hydrogen) atoms. The van der Waals surface area contributed by atoms with Crippen molar-refractivity contribution in [3.8, 4) is 0 Å². The van der Waals surface area contributed by atoms with Crippen molar-refractivity contribution in [2.75, 3.05) is 39.8 Å². The Morgan fingerprint density at radius 1 is 1.32 bits per heavy atom. The van der Waals surface area contributed by atoms with Crippen molar-refractivity contribution < 1.29 is 9.53 Å². The number of nitrogens with zero attached hydrogens (tertiary/aromatic N) is 2. The molecule has 1 aliphatic heterocycles. The van der Waals surface area contributed by atoms with Crippen molar-refractivity contribution in [2.45, 2.75) is 39.7 Å². The fourth-order valence-electron chi connectivity index (χ4n) is 3.36. The first kappa shape index (κ1) is 22.2. The molecular formula is C22H36N4O2. The third-order valence-electron chi connectivity index (χ3n) is 5.00. The molecule has 0 aliphatic carbocycles. The van der Waals surface area contributed by atoms with Gasteiger partial charge in [0.2, 0.25) is 5.91 Å². The van der Waals surface area contributed by atoms with E-state index in [-0.39, 0.29) is 5.91 Å². The molecule has 1 amide bonds. The van der Waals surface area contributed by atoms with Gasteiger partial charge in [-0.3, -0.25) is 9.79 Å². The molecule has 2 unspecified atom stereocenters. The Kier molecular flexibility index (Phi) is 9.83. The molecule has 0 bridgehead atoms. The van der Waals surface area contributed by atoms with Crippen molar-refractivity contribution >= 4 is 11.9 Å². The van der Waals surface area contributed by atoms with Gasteiger partial charge < -0.3 is 20.3 Å². The summed E-state index contributed by atoms with van der Waals surface area (Å²) in [4.78, 5) is 18.6. The van der Waals surface area contributed by atoms with Crippen LogP contribution in [0.5, 0.6) is 0 Å². The minimum atomic E-state index is 0.234. The number of carbonyl (C=O) groups excluding carboxylic acids is 1. The van der Waals surface area contributed by atoms with Crippen LogP contribution in [0.3, 0.4) is 0 Å². The largest absolute Gasteiger partial charge is 0.376 e. The van der Waals surface area contributed by atoms with E-state index in [0.29, 0.717) is 38.0 Å². The average Bonchev–Trinajstić information content (AvgIpc) is 2.71.